The Kier molecular flexibility index (Phi) is 6.89. The minimum Gasteiger partial charge on any atom is -0.384 e. The second kappa shape index (κ2) is 8.82. The predicted octanol–water partition coefficient (Wildman–Crippen LogP) is 3.58. The van der Waals surface area contributed by atoms with Crippen LogP contribution in [0.4, 0.5) is 11.6 Å². The van der Waals surface area contributed by atoms with Crippen LogP contribution in [0.1, 0.15) is 28.7 Å². The van der Waals surface area contributed by atoms with E-state index in [1.54, 1.807) is 0 Å². The number of anilines is 2. The number of fused-ring (bicyclic) bond motifs is 2. The van der Waals surface area contributed by atoms with Crippen molar-refractivity contribution < 1.29 is 0 Å². The van der Waals surface area contributed by atoms with Crippen LogP contribution in [0.3, 0.4) is 0 Å². The van der Waals surface area contributed by atoms with Crippen molar-refractivity contribution in [3.05, 3.63) is 71.8 Å². The molecule has 7 nitrogen and oxygen atoms in total. The summed E-state index contributed by atoms with van der Waals surface area (Å²) < 4.78 is 1.97. The van der Waals surface area contributed by atoms with Gasteiger partial charge in [-0.05, 0) is 29.2 Å². The summed E-state index contributed by atoms with van der Waals surface area (Å²) in [7, 11) is 0. The van der Waals surface area contributed by atoms with Gasteiger partial charge in [0, 0.05) is 18.3 Å². The van der Waals surface area contributed by atoms with Gasteiger partial charge in [0.05, 0.1) is 11.4 Å². The van der Waals surface area contributed by atoms with Crippen LogP contribution >= 0.6 is 37.2 Å². The van der Waals surface area contributed by atoms with E-state index in [1.165, 1.54) is 17.5 Å². The number of benzene rings is 1. The largest absolute Gasteiger partial charge is 0.384 e. The highest BCUT2D eigenvalue weighted by atomic mass is 35.5. The van der Waals surface area contributed by atoms with Crippen LogP contribution in [0.15, 0.2) is 55.1 Å². The van der Waals surface area contributed by atoms with Crippen LogP contribution in [0, 0.1) is 0 Å². The Morgan fingerprint density at radius 1 is 0.931 bits per heavy atom. The molecule has 0 aliphatic heterocycles. The number of nitrogens with zero attached hydrogens (tertiary/aromatic N) is 5. The second-order valence-corrected chi connectivity index (χ2v) is 6.57. The highest BCUT2D eigenvalue weighted by molar-refractivity contribution is 5.86. The molecule has 1 aromatic carbocycles. The van der Waals surface area contributed by atoms with E-state index in [4.69, 9.17) is 11.5 Å². The molecule has 1 aliphatic rings. The monoisotopic (exact) mass is 451 g/mol. The van der Waals surface area contributed by atoms with Crippen molar-refractivity contribution in [2.24, 2.45) is 0 Å². The Labute approximate surface area is 186 Å². The minimum absolute atomic E-state index is 0. The zero-order valence-corrected chi connectivity index (χ0v) is 17.6. The van der Waals surface area contributed by atoms with E-state index in [0.29, 0.717) is 17.3 Å². The Hall–Kier alpha value is -2.61. The standard InChI is InChI=1S/C19H17N7.3ClH/c20-16-6-5-12(8-22-16)17-13-4-2-1-3-11(13)7-15(17)26-9-14-18(21)23-10-24-19(14)25-26;;;/h1-6,8-10,15,17H,7H2,(H2,20,22)(H2,21,23,24,25);3*1H. The van der Waals surface area contributed by atoms with E-state index in [2.05, 4.69) is 44.3 Å². The molecule has 4 aromatic rings. The van der Waals surface area contributed by atoms with E-state index in [9.17, 15) is 0 Å². The first-order valence-corrected chi connectivity index (χ1v) is 8.45. The molecule has 5 rings (SSSR count). The molecule has 0 bridgehead atoms. The van der Waals surface area contributed by atoms with Gasteiger partial charge in [0.15, 0.2) is 5.65 Å². The summed E-state index contributed by atoms with van der Waals surface area (Å²) in [6.45, 7) is 0. The summed E-state index contributed by atoms with van der Waals surface area (Å²) in [6, 6.07) is 12.5. The predicted molar refractivity (Wildman–Crippen MR) is 121 cm³/mol. The average Bonchev–Trinajstić information content (AvgIpc) is 3.25. The SMILES string of the molecule is Cl.Cl.Cl.Nc1ccc(C2c3ccccc3CC2n2cc3c(N)ncnc3n2)cn1. The Morgan fingerprint density at radius 2 is 1.72 bits per heavy atom. The van der Waals surface area contributed by atoms with Gasteiger partial charge in [-0.3, -0.25) is 4.68 Å². The zero-order valence-electron chi connectivity index (χ0n) is 15.2. The molecule has 2 atom stereocenters. The number of aromatic nitrogens is 5. The molecule has 0 amide bonds. The lowest BCUT2D eigenvalue weighted by molar-refractivity contribution is 0.438. The molecule has 0 saturated heterocycles. The Bertz CT molecular complexity index is 1110. The average molecular weight is 453 g/mol. The smallest absolute Gasteiger partial charge is 0.186 e. The first-order chi connectivity index (χ1) is 12.7. The van der Waals surface area contributed by atoms with Gasteiger partial charge < -0.3 is 11.5 Å². The Balaban J connectivity index is 0.000001000. The first kappa shape index (κ1) is 22.7. The molecule has 29 heavy (non-hydrogen) atoms. The third-order valence-electron chi connectivity index (χ3n) is 5.08. The van der Waals surface area contributed by atoms with Gasteiger partial charge in [0.25, 0.3) is 0 Å². The Morgan fingerprint density at radius 3 is 2.45 bits per heavy atom. The zero-order chi connectivity index (χ0) is 17.7. The van der Waals surface area contributed by atoms with Crippen LogP contribution < -0.4 is 11.5 Å². The number of nitrogens with two attached hydrogens (primary N) is 2. The summed E-state index contributed by atoms with van der Waals surface area (Å²) in [5.74, 6) is 1.11. The highest BCUT2D eigenvalue weighted by Crippen LogP contribution is 2.45. The normalized spacial score (nSPS) is 17.0. The molecule has 1 aliphatic carbocycles. The van der Waals surface area contributed by atoms with Crippen LogP contribution in [0.2, 0.25) is 0 Å². The molecule has 3 heterocycles. The third-order valence-corrected chi connectivity index (χ3v) is 5.08. The van der Waals surface area contributed by atoms with E-state index >= 15 is 0 Å². The second-order valence-electron chi connectivity index (χ2n) is 6.57. The van der Waals surface area contributed by atoms with Crippen molar-refractivity contribution in [2.45, 2.75) is 18.4 Å². The molecule has 0 fully saturated rings. The lowest BCUT2D eigenvalue weighted by atomic mass is 9.91. The number of hydrogen-bond donors (Lipinski definition) is 2. The molecule has 4 N–H and O–H groups in total. The summed E-state index contributed by atoms with van der Waals surface area (Å²) in [5.41, 5.74) is 16.1. The van der Waals surface area contributed by atoms with Gasteiger partial charge >= 0.3 is 0 Å². The fourth-order valence-electron chi connectivity index (χ4n) is 3.87. The van der Waals surface area contributed by atoms with Gasteiger partial charge in [-0.2, -0.15) is 5.10 Å². The van der Waals surface area contributed by atoms with Crippen molar-refractivity contribution in [3.8, 4) is 0 Å². The molecule has 152 valence electrons. The maximum atomic E-state index is 5.99. The van der Waals surface area contributed by atoms with Crippen molar-refractivity contribution in [1.82, 2.24) is 24.7 Å². The number of hydrogen-bond acceptors (Lipinski definition) is 6. The number of rotatable bonds is 2. The van der Waals surface area contributed by atoms with Crippen molar-refractivity contribution in [2.75, 3.05) is 11.5 Å². The molecule has 10 heteroatoms. The first-order valence-electron chi connectivity index (χ1n) is 8.45. The van der Waals surface area contributed by atoms with Crippen LogP contribution in [0.5, 0.6) is 0 Å². The van der Waals surface area contributed by atoms with Gasteiger partial charge in [0.1, 0.15) is 18.0 Å². The fraction of sp³-hybridized carbons (Fsp3) is 0.158. The molecular weight excluding hydrogens is 433 g/mol. The molecule has 0 radical (unpaired) electrons. The van der Waals surface area contributed by atoms with Gasteiger partial charge in [-0.15, -0.1) is 37.2 Å². The third kappa shape index (κ3) is 3.81. The maximum Gasteiger partial charge on any atom is 0.186 e. The van der Waals surface area contributed by atoms with E-state index in [1.807, 2.05) is 29.2 Å². The molecule has 0 saturated carbocycles. The van der Waals surface area contributed by atoms with Crippen LogP contribution in [-0.4, -0.2) is 24.7 Å². The van der Waals surface area contributed by atoms with Crippen molar-refractivity contribution >= 4 is 59.9 Å². The highest BCUT2D eigenvalue weighted by Gasteiger charge is 2.35. The van der Waals surface area contributed by atoms with Crippen molar-refractivity contribution in [1.29, 1.82) is 0 Å². The van der Waals surface area contributed by atoms with E-state index < -0.39 is 0 Å². The summed E-state index contributed by atoms with van der Waals surface area (Å²) in [5, 5.41) is 5.45. The van der Waals surface area contributed by atoms with E-state index in [0.717, 1.165) is 17.4 Å². The van der Waals surface area contributed by atoms with Crippen LogP contribution in [-0.2, 0) is 6.42 Å². The number of nitrogen functional groups attached to an aromatic ring is 2. The summed E-state index contributed by atoms with van der Waals surface area (Å²) in [6.07, 6.45) is 6.12. The quantitative estimate of drug-likeness (QED) is 0.481. The fourth-order valence-corrected chi connectivity index (χ4v) is 3.87. The minimum atomic E-state index is 0. The molecule has 3 aromatic heterocycles. The molecular formula is C19H20Cl3N7. The molecule has 2 unspecified atom stereocenters. The number of pyridine rings is 1. The molecule has 0 spiro atoms. The maximum absolute atomic E-state index is 5.99. The van der Waals surface area contributed by atoms with Gasteiger partial charge in [0.2, 0.25) is 0 Å². The van der Waals surface area contributed by atoms with Crippen LogP contribution in [0.25, 0.3) is 11.0 Å². The lowest BCUT2D eigenvalue weighted by Crippen LogP contribution is -2.16. The summed E-state index contributed by atoms with van der Waals surface area (Å²) in [4.78, 5) is 12.6. The lowest BCUT2D eigenvalue weighted by Gasteiger charge is -2.21. The topological polar surface area (TPSA) is 109 Å². The number of halogens is 3. The van der Waals surface area contributed by atoms with Gasteiger partial charge in [-0.25, -0.2) is 15.0 Å². The van der Waals surface area contributed by atoms with Gasteiger partial charge in [-0.1, -0.05) is 30.3 Å². The van der Waals surface area contributed by atoms with Crippen molar-refractivity contribution in [3.63, 3.8) is 0 Å². The van der Waals surface area contributed by atoms with E-state index in [-0.39, 0.29) is 49.2 Å². The summed E-state index contributed by atoms with van der Waals surface area (Å²) >= 11 is 0.